The molecule has 3 heteroatoms. The molecule has 98 valence electrons. The molecule has 0 saturated carbocycles. The van der Waals surface area contributed by atoms with Crippen LogP contribution in [0.3, 0.4) is 0 Å². The van der Waals surface area contributed by atoms with Gasteiger partial charge in [-0.1, -0.05) is 30.0 Å². The number of benzene rings is 1. The first-order valence-electron chi connectivity index (χ1n) is 6.17. The Labute approximate surface area is 109 Å². The molecule has 0 saturated heterocycles. The fourth-order valence-electron chi connectivity index (χ4n) is 1.69. The third-order valence-electron chi connectivity index (χ3n) is 2.69. The van der Waals surface area contributed by atoms with E-state index < -0.39 is 0 Å². The molecule has 1 aromatic carbocycles. The van der Waals surface area contributed by atoms with E-state index in [9.17, 15) is 5.11 Å². The number of aliphatic hydroxyl groups excluding tert-OH is 2. The Kier molecular flexibility index (Phi) is 6.45. The first-order valence-corrected chi connectivity index (χ1v) is 6.17. The second kappa shape index (κ2) is 7.88. The zero-order valence-electron chi connectivity index (χ0n) is 11.1. The normalized spacial score (nSPS) is 12.1. The van der Waals surface area contributed by atoms with E-state index in [-0.39, 0.29) is 12.7 Å². The standard InChI is InChI=1S/C15H21NO2/c1-13(18)9-10-16(2)12-15-7-4-3-6-14(15)8-5-11-17/h3-4,6-7,13,17-18H,9-12H2,1-2H3. The van der Waals surface area contributed by atoms with Crippen LogP contribution in [0.4, 0.5) is 0 Å². The average molecular weight is 247 g/mol. The van der Waals surface area contributed by atoms with Gasteiger partial charge in [0.25, 0.3) is 0 Å². The van der Waals surface area contributed by atoms with Gasteiger partial charge in [0.1, 0.15) is 6.61 Å². The molecule has 1 unspecified atom stereocenters. The van der Waals surface area contributed by atoms with E-state index in [0.717, 1.165) is 30.6 Å². The van der Waals surface area contributed by atoms with Crippen LogP contribution in [0, 0.1) is 11.8 Å². The second-order valence-electron chi connectivity index (χ2n) is 4.49. The van der Waals surface area contributed by atoms with Crippen molar-refractivity contribution in [2.45, 2.75) is 26.0 Å². The topological polar surface area (TPSA) is 43.7 Å². The molecule has 0 aromatic heterocycles. The molecule has 3 nitrogen and oxygen atoms in total. The first-order chi connectivity index (χ1) is 8.63. The highest BCUT2D eigenvalue weighted by Gasteiger charge is 2.05. The Bertz CT molecular complexity index is 418. The number of nitrogens with zero attached hydrogens (tertiary/aromatic N) is 1. The van der Waals surface area contributed by atoms with Crippen LogP contribution in [0.5, 0.6) is 0 Å². The summed E-state index contributed by atoms with van der Waals surface area (Å²) in [6, 6.07) is 7.93. The molecular formula is C15H21NO2. The molecule has 0 aliphatic heterocycles. The zero-order valence-corrected chi connectivity index (χ0v) is 11.1. The van der Waals surface area contributed by atoms with Crippen molar-refractivity contribution in [3.63, 3.8) is 0 Å². The third kappa shape index (κ3) is 5.33. The maximum Gasteiger partial charge on any atom is 0.104 e. The largest absolute Gasteiger partial charge is 0.393 e. The average Bonchev–Trinajstić information content (AvgIpc) is 2.35. The summed E-state index contributed by atoms with van der Waals surface area (Å²) in [6.45, 7) is 3.32. The lowest BCUT2D eigenvalue weighted by Crippen LogP contribution is -2.22. The van der Waals surface area contributed by atoms with Crippen LogP contribution in [0.25, 0.3) is 0 Å². The molecule has 2 N–H and O–H groups in total. The molecule has 0 aliphatic carbocycles. The Morgan fingerprint density at radius 2 is 2.06 bits per heavy atom. The Morgan fingerprint density at radius 3 is 2.72 bits per heavy atom. The van der Waals surface area contributed by atoms with Crippen molar-refractivity contribution >= 4 is 0 Å². The van der Waals surface area contributed by atoms with Crippen LogP contribution in [0.15, 0.2) is 24.3 Å². The van der Waals surface area contributed by atoms with E-state index in [1.165, 1.54) is 0 Å². The predicted octanol–water partition coefficient (Wildman–Crippen LogP) is 1.23. The summed E-state index contributed by atoms with van der Waals surface area (Å²) in [5, 5.41) is 18.0. The first kappa shape index (κ1) is 14.7. The van der Waals surface area contributed by atoms with Gasteiger partial charge in [-0.15, -0.1) is 0 Å². The highest BCUT2D eigenvalue weighted by Crippen LogP contribution is 2.10. The van der Waals surface area contributed by atoms with Gasteiger partial charge in [-0.3, -0.25) is 0 Å². The second-order valence-corrected chi connectivity index (χ2v) is 4.49. The monoisotopic (exact) mass is 247 g/mol. The molecule has 1 rings (SSSR count). The molecule has 18 heavy (non-hydrogen) atoms. The van der Waals surface area contributed by atoms with Gasteiger partial charge in [0.05, 0.1) is 6.10 Å². The lowest BCUT2D eigenvalue weighted by Gasteiger charge is -2.18. The smallest absolute Gasteiger partial charge is 0.104 e. The number of hydrogen-bond acceptors (Lipinski definition) is 3. The molecule has 0 spiro atoms. The van der Waals surface area contributed by atoms with E-state index in [4.69, 9.17) is 5.11 Å². The van der Waals surface area contributed by atoms with E-state index in [2.05, 4.69) is 16.7 Å². The van der Waals surface area contributed by atoms with Gasteiger partial charge in [0.15, 0.2) is 0 Å². The predicted molar refractivity (Wildman–Crippen MR) is 73.0 cm³/mol. The van der Waals surface area contributed by atoms with Crippen molar-refractivity contribution in [3.8, 4) is 11.8 Å². The maximum atomic E-state index is 9.26. The van der Waals surface area contributed by atoms with Gasteiger partial charge in [0.2, 0.25) is 0 Å². The van der Waals surface area contributed by atoms with E-state index >= 15 is 0 Å². The van der Waals surface area contributed by atoms with Crippen LogP contribution in [0.1, 0.15) is 24.5 Å². The third-order valence-corrected chi connectivity index (χ3v) is 2.69. The van der Waals surface area contributed by atoms with Crippen molar-refractivity contribution in [3.05, 3.63) is 35.4 Å². The summed E-state index contributed by atoms with van der Waals surface area (Å²) in [5.74, 6) is 5.63. The van der Waals surface area contributed by atoms with Crippen molar-refractivity contribution < 1.29 is 10.2 Å². The highest BCUT2D eigenvalue weighted by atomic mass is 16.3. The summed E-state index contributed by atoms with van der Waals surface area (Å²) in [7, 11) is 2.03. The van der Waals surface area contributed by atoms with E-state index in [1.807, 2.05) is 31.3 Å². The Balaban J connectivity index is 2.65. The quantitative estimate of drug-likeness (QED) is 0.769. The summed E-state index contributed by atoms with van der Waals surface area (Å²) in [5.41, 5.74) is 2.10. The maximum absolute atomic E-state index is 9.26. The van der Waals surface area contributed by atoms with Crippen molar-refractivity contribution in [1.29, 1.82) is 0 Å². The van der Waals surface area contributed by atoms with Gasteiger partial charge in [0, 0.05) is 18.7 Å². The Morgan fingerprint density at radius 1 is 1.33 bits per heavy atom. The molecule has 0 aliphatic rings. The summed E-state index contributed by atoms with van der Waals surface area (Å²) < 4.78 is 0. The number of aliphatic hydroxyl groups is 2. The van der Waals surface area contributed by atoms with Crippen LogP contribution < -0.4 is 0 Å². The minimum Gasteiger partial charge on any atom is -0.393 e. The van der Waals surface area contributed by atoms with Gasteiger partial charge in [-0.2, -0.15) is 0 Å². The molecule has 0 bridgehead atoms. The minimum atomic E-state index is -0.267. The summed E-state index contributed by atoms with van der Waals surface area (Å²) in [4.78, 5) is 2.16. The van der Waals surface area contributed by atoms with E-state index in [0.29, 0.717) is 0 Å². The molecule has 0 heterocycles. The highest BCUT2D eigenvalue weighted by molar-refractivity contribution is 5.41. The zero-order chi connectivity index (χ0) is 13.4. The molecule has 1 atom stereocenters. The Hall–Kier alpha value is -1.34. The minimum absolute atomic E-state index is 0.119. The molecule has 0 amide bonds. The fourth-order valence-corrected chi connectivity index (χ4v) is 1.69. The van der Waals surface area contributed by atoms with Gasteiger partial charge in [-0.25, -0.2) is 0 Å². The lowest BCUT2D eigenvalue weighted by atomic mass is 10.1. The number of hydrogen-bond donors (Lipinski definition) is 2. The van der Waals surface area contributed by atoms with Crippen LogP contribution in [0.2, 0.25) is 0 Å². The van der Waals surface area contributed by atoms with Gasteiger partial charge >= 0.3 is 0 Å². The van der Waals surface area contributed by atoms with Gasteiger partial charge in [-0.05, 0) is 32.0 Å². The molecule has 0 radical (unpaired) electrons. The molecule has 0 fully saturated rings. The van der Waals surface area contributed by atoms with E-state index in [1.54, 1.807) is 6.92 Å². The summed E-state index contributed by atoms with van der Waals surface area (Å²) in [6.07, 6.45) is 0.498. The van der Waals surface area contributed by atoms with Gasteiger partial charge < -0.3 is 15.1 Å². The fraction of sp³-hybridized carbons (Fsp3) is 0.467. The van der Waals surface area contributed by atoms with Crippen LogP contribution in [-0.4, -0.2) is 41.4 Å². The van der Waals surface area contributed by atoms with Crippen molar-refractivity contribution in [2.75, 3.05) is 20.2 Å². The lowest BCUT2D eigenvalue weighted by molar-refractivity contribution is 0.163. The SMILES string of the molecule is CC(O)CCN(C)Cc1ccccc1C#CCO. The van der Waals surface area contributed by atoms with Crippen molar-refractivity contribution in [1.82, 2.24) is 4.90 Å². The summed E-state index contributed by atoms with van der Waals surface area (Å²) >= 11 is 0. The molecular weight excluding hydrogens is 226 g/mol. The van der Waals surface area contributed by atoms with Crippen LogP contribution >= 0.6 is 0 Å². The van der Waals surface area contributed by atoms with Crippen LogP contribution in [-0.2, 0) is 6.54 Å². The molecule has 1 aromatic rings. The van der Waals surface area contributed by atoms with Crippen molar-refractivity contribution in [2.24, 2.45) is 0 Å². The number of rotatable bonds is 5.